The van der Waals surface area contributed by atoms with E-state index in [1.165, 1.54) is 103 Å². The molecule has 1 amide bonds. The first-order chi connectivity index (χ1) is 17.0. The zero-order valence-electron chi connectivity index (χ0n) is 22.6. The number of carbonyl (C=O) groups is 3. The summed E-state index contributed by atoms with van der Waals surface area (Å²) in [6.45, 7) is 2.84. The van der Waals surface area contributed by atoms with Crippen LogP contribution < -0.4 is 5.32 Å². The largest absolute Gasteiger partial charge is 0.463 e. The molecule has 0 bridgehead atoms. The van der Waals surface area contributed by atoms with Crippen molar-refractivity contribution in [3.05, 3.63) is 0 Å². The Bertz CT molecular complexity index is 526. The summed E-state index contributed by atoms with van der Waals surface area (Å²) in [5, 5.41) is 12.0. The number of ether oxygens (including phenoxy) is 2. The molecule has 7 heteroatoms. The molecular weight excluding hydrogens is 446 g/mol. The van der Waals surface area contributed by atoms with Crippen LogP contribution in [0.15, 0.2) is 0 Å². The van der Waals surface area contributed by atoms with Crippen LogP contribution in [0.4, 0.5) is 0 Å². The van der Waals surface area contributed by atoms with E-state index in [0.717, 1.165) is 19.3 Å². The third-order valence-electron chi connectivity index (χ3n) is 6.09. The Labute approximate surface area is 214 Å². The molecule has 0 rings (SSSR count). The highest BCUT2D eigenvalue weighted by molar-refractivity contribution is 5.80. The van der Waals surface area contributed by atoms with E-state index < -0.39 is 12.1 Å². The molecule has 0 aromatic heterocycles. The molecule has 0 spiro atoms. The number of esters is 2. The Morgan fingerprint density at radius 2 is 1.00 bits per heavy atom. The van der Waals surface area contributed by atoms with Gasteiger partial charge in [-0.05, 0) is 6.42 Å². The average Bonchev–Trinajstić information content (AvgIpc) is 2.84. The van der Waals surface area contributed by atoms with E-state index >= 15 is 0 Å². The Morgan fingerprint density at radius 3 is 1.40 bits per heavy atom. The van der Waals surface area contributed by atoms with E-state index in [1.54, 1.807) is 0 Å². The summed E-state index contributed by atoms with van der Waals surface area (Å²) in [6, 6.07) is 0. The maximum absolute atomic E-state index is 11.7. The number of hydrogen-bond acceptors (Lipinski definition) is 6. The van der Waals surface area contributed by atoms with Gasteiger partial charge in [0.25, 0.3) is 0 Å². The Kier molecular flexibility index (Phi) is 24.3. The van der Waals surface area contributed by atoms with Gasteiger partial charge in [-0.2, -0.15) is 0 Å². The van der Waals surface area contributed by atoms with Gasteiger partial charge in [0.2, 0.25) is 5.91 Å². The molecule has 1 unspecified atom stereocenters. The van der Waals surface area contributed by atoms with Crippen LogP contribution in [0.5, 0.6) is 0 Å². The number of amides is 1. The van der Waals surface area contributed by atoms with Crippen molar-refractivity contribution < 1.29 is 29.0 Å². The predicted molar refractivity (Wildman–Crippen MR) is 140 cm³/mol. The molecule has 0 saturated heterocycles. The first kappa shape index (κ1) is 33.4. The molecule has 0 radical (unpaired) electrons. The lowest BCUT2D eigenvalue weighted by Crippen LogP contribution is -2.31. The van der Waals surface area contributed by atoms with E-state index in [0.29, 0.717) is 6.42 Å². The van der Waals surface area contributed by atoms with Crippen molar-refractivity contribution in [2.45, 2.75) is 142 Å². The zero-order chi connectivity index (χ0) is 26.0. The Morgan fingerprint density at radius 1 is 0.629 bits per heavy atom. The highest BCUT2D eigenvalue weighted by Gasteiger charge is 2.12. The lowest BCUT2D eigenvalue weighted by Gasteiger charge is -2.12. The van der Waals surface area contributed by atoms with Crippen LogP contribution in [-0.2, 0) is 23.9 Å². The molecule has 35 heavy (non-hydrogen) atoms. The van der Waals surface area contributed by atoms with Gasteiger partial charge in [-0.1, -0.05) is 116 Å². The standard InChI is InChI=1S/C28H53NO6/c1-3-4-5-6-7-8-9-10-11-12-13-14-15-16-17-18-19-20-21-27(32)34-23-26(31)24-35-28(33)22-29-25(2)30/h26,31H,3-24H2,1-2H3,(H,29,30). The molecule has 0 saturated carbocycles. The van der Waals surface area contributed by atoms with E-state index in [4.69, 9.17) is 9.47 Å². The zero-order valence-corrected chi connectivity index (χ0v) is 22.6. The molecule has 7 nitrogen and oxygen atoms in total. The molecule has 0 fully saturated rings. The second kappa shape index (κ2) is 25.5. The summed E-state index contributed by atoms with van der Waals surface area (Å²) in [7, 11) is 0. The van der Waals surface area contributed by atoms with Gasteiger partial charge < -0.3 is 19.9 Å². The Hall–Kier alpha value is -1.63. The van der Waals surface area contributed by atoms with Crippen molar-refractivity contribution in [2.75, 3.05) is 19.8 Å². The maximum Gasteiger partial charge on any atom is 0.325 e. The van der Waals surface area contributed by atoms with Crippen molar-refractivity contribution in [3.8, 4) is 0 Å². The molecule has 0 aliphatic carbocycles. The van der Waals surface area contributed by atoms with Gasteiger partial charge in [-0.25, -0.2) is 0 Å². The molecule has 206 valence electrons. The van der Waals surface area contributed by atoms with Crippen molar-refractivity contribution in [1.29, 1.82) is 0 Å². The van der Waals surface area contributed by atoms with Gasteiger partial charge in [0.05, 0.1) is 0 Å². The fourth-order valence-corrected chi connectivity index (χ4v) is 3.92. The number of carbonyl (C=O) groups excluding carboxylic acids is 3. The maximum atomic E-state index is 11.7. The number of rotatable bonds is 25. The van der Waals surface area contributed by atoms with Gasteiger partial charge in [0, 0.05) is 13.3 Å². The summed E-state index contributed by atoms with van der Waals surface area (Å²) in [5.74, 6) is -1.33. The third kappa shape index (κ3) is 26.8. The number of nitrogens with one attached hydrogen (secondary N) is 1. The molecule has 0 aromatic carbocycles. The lowest BCUT2D eigenvalue weighted by molar-refractivity contribution is -0.152. The second-order valence-electron chi connectivity index (χ2n) is 9.69. The van der Waals surface area contributed by atoms with Crippen LogP contribution in [0.3, 0.4) is 0 Å². The molecule has 0 aromatic rings. The number of aliphatic hydroxyl groups is 1. The summed E-state index contributed by atoms with van der Waals surface area (Å²) < 4.78 is 9.81. The summed E-state index contributed by atoms with van der Waals surface area (Å²) in [6.07, 6.45) is 22.7. The molecule has 2 N–H and O–H groups in total. The average molecular weight is 500 g/mol. The number of unbranched alkanes of at least 4 members (excludes halogenated alkanes) is 17. The van der Waals surface area contributed by atoms with Gasteiger partial charge in [0.15, 0.2) is 0 Å². The van der Waals surface area contributed by atoms with E-state index in [1.807, 2.05) is 0 Å². The summed E-state index contributed by atoms with van der Waals surface area (Å²) in [4.78, 5) is 33.8. The fraction of sp³-hybridized carbons (Fsp3) is 0.893. The number of hydrogen-bond donors (Lipinski definition) is 2. The van der Waals surface area contributed by atoms with Crippen LogP contribution in [-0.4, -0.2) is 48.8 Å². The molecular formula is C28H53NO6. The van der Waals surface area contributed by atoms with Gasteiger partial charge in [-0.15, -0.1) is 0 Å². The molecule has 0 heterocycles. The predicted octanol–water partition coefficient (Wildman–Crippen LogP) is 6.00. The quantitative estimate of drug-likeness (QED) is 0.118. The van der Waals surface area contributed by atoms with E-state index in [-0.39, 0.29) is 31.6 Å². The van der Waals surface area contributed by atoms with Gasteiger partial charge in [0.1, 0.15) is 25.9 Å². The van der Waals surface area contributed by atoms with Crippen LogP contribution in [0.1, 0.15) is 136 Å². The van der Waals surface area contributed by atoms with Crippen molar-refractivity contribution in [1.82, 2.24) is 5.32 Å². The highest BCUT2D eigenvalue weighted by Crippen LogP contribution is 2.14. The van der Waals surface area contributed by atoms with E-state index in [2.05, 4.69) is 12.2 Å². The minimum atomic E-state index is -1.07. The molecule has 1 atom stereocenters. The van der Waals surface area contributed by atoms with Crippen LogP contribution in [0.25, 0.3) is 0 Å². The highest BCUT2D eigenvalue weighted by atomic mass is 16.6. The van der Waals surface area contributed by atoms with Crippen LogP contribution >= 0.6 is 0 Å². The van der Waals surface area contributed by atoms with Crippen LogP contribution in [0.2, 0.25) is 0 Å². The van der Waals surface area contributed by atoms with Crippen molar-refractivity contribution in [2.24, 2.45) is 0 Å². The topological polar surface area (TPSA) is 102 Å². The monoisotopic (exact) mass is 499 g/mol. The number of aliphatic hydroxyl groups excluding tert-OH is 1. The fourth-order valence-electron chi connectivity index (χ4n) is 3.92. The molecule has 0 aliphatic rings. The second-order valence-corrected chi connectivity index (χ2v) is 9.69. The first-order valence-corrected chi connectivity index (χ1v) is 14.2. The van der Waals surface area contributed by atoms with Crippen molar-refractivity contribution in [3.63, 3.8) is 0 Å². The Balaban J connectivity index is 3.33. The van der Waals surface area contributed by atoms with Gasteiger partial charge in [-0.3, -0.25) is 14.4 Å². The third-order valence-corrected chi connectivity index (χ3v) is 6.09. The summed E-state index contributed by atoms with van der Waals surface area (Å²) in [5.41, 5.74) is 0. The minimum absolute atomic E-state index is 0.203. The van der Waals surface area contributed by atoms with E-state index in [9.17, 15) is 19.5 Å². The minimum Gasteiger partial charge on any atom is -0.463 e. The summed E-state index contributed by atoms with van der Waals surface area (Å²) >= 11 is 0. The smallest absolute Gasteiger partial charge is 0.325 e. The van der Waals surface area contributed by atoms with Crippen molar-refractivity contribution >= 4 is 17.8 Å². The first-order valence-electron chi connectivity index (χ1n) is 14.2. The van der Waals surface area contributed by atoms with Gasteiger partial charge >= 0.3 is 11.9 Å². The lowest BCUT2D eigenvalue weighted by atomic mass is 10.0. The molecule has 0 aliphatic heterocycles. The van der Waals surface area contributed by atoms with Crippen LogP contribution in [0, 0.1) is 0 Å². The SMILES string of the molecule is CCCCCCCCCCCCCCCCCCCCC(=O)OCC(O)COC(=O)CNC(C)=O. The normalized spacial score (nSPS) is 11.7.